The number of carboxylic acid groups (broad SMARTS) is 1. The molecule has 1 saturated carbocycles. The maximum atomic E-state index is 12.6. The molecule has 0 aromatic rings. The van der Waals surface area contributed by atoms with Crippen LogP contribution in [-0.4, -0.2) is 23.1 Å². The molecule has 3 unspecified atom stereocenters. The molecule has 4 nitrogen and oxygen atoms in total. The number of carbonyl (C=O) groups excluding carboxylic acids is 1. The minimum atomic E-state index is -0.859. The summed E-state index contributed by atoms with van der Waals surface area (Å²) < 4.78 is 5.81. The fourth-order valence-corrected chi connectivity index (χ4v) is 3.36. The first-order valence-corrected chi connectivity index (χ1v) is 9.20. The fraction of sp³-hybridized carbons (Fsp3) is 0.895. The molecule has 3 atom stereocenters. The lowest BCUT2D eigenvalue weighted by atomic mass is 9.79. The van der Waals surface area contributed by atoms with E-state index >= 15 is 0 Å². The van der Waals surface area contributed by atoms with E-state index in [4.69, 9.17) is 4.74 Å². The molecule has 1 N–H and O–H groups in total. The first-order chi connectivity index (χ1) is 10.8. The van der Waals surface area contributed by atoms with Crippen molar-refractivity contribution in [3.8, 4) is 0 Å². The van der Waals surface area contributed by atoms with Gasteiger partial charge in [-0.3, -0.25) is 9.59 Å². The molecule has 0 heterocycles. The molecule has 4 heteroatoms. The van der Waals surface area contributed by atoms with E-state index in [1.807, 2.05) is 0 Å². The Morgan fingerprint density at radius 1 is 1.09 bits per heavy atom. The van der Waals surface area contributed by atoms with Gasteiger partial charge in [-0.05, 0) is 31.1 Å². The van der Waals surface area contributed by atoms with Crippen LogP contribution in [0.15, 0.2) is 0 Å². The molecule has 1 rings (SSSR count). The highest BCUT2D eigenvalue weighted by atomic mass is 16.5. The SMILES string of the molecule is CCCCCCC(OC(=O)C1CCCCC1C(=O)O)C(C)(C)C. The summed E-state index contributed by atoms with van der Waals surface area (Å²) in [5.74, 6) is -2.20. The summed E-state index contributed by atoms with van der Waals surface area (Å²) in [6.45, 7) is 8.43. The topological polar surface area (TPSA) is 63.6 Å². The van der Waals surface area contributed by atoms with Crippen LogP contribution in [0.2, 0.25) is 0 Å². The molecular formula is C19H34O4. The van der Waals surface area contributed by atoms with Gasteiger partial charge in [-0.25, -0.2) is 0 Å². The molecule has 1 aliphatic rings. The molecule has 134 valence electrons. The second-order valence-electron chi connectivity index (χ2n) is 7.98. The largest absolute Gasteiger partial charge is 0.481 e. The average Bonchev–Trinajstić information content (AvgIpc) is 2.49. The molecule has 1 fully saturated rings. The predicted molar refractivity (Wildman–Crippen MR) is 91.2 cm³/mol. The van der Waals surface area contributed by atoms with Gasteiger partial charge < -0.3 is 9.84 Å². The first-order valence-electron chi connectivity index (χ1n) is 9.20. The number of rotatable bonds is 8. The van der Waals surface area contributed by atoms with Crippen LogP contribution in [0.4, 0.5) is 0 Å². The molecule has 0 aromatic heterocycles. The van der Waals surface area contributed by atoms with Gasteiger partial charge in [0.15, 0.2) is 0 Å². The number of carboxylic acids is 1. The summed E-state index contributed by atoms with van der Waals surface area (Å²) >= 11 is 0. The van der Waals surface area contributed by atoms with Gasteiger partial charge in [0, 0.05) is 0 Å². The third-order valence-corrected chi connectivity index (χ3v) is 4.93. The fourth-order valence-electron chi connectivity index (χ4n) is 3.36. The van der Waals surface area contributed by atoms with Crippen LogP contribution in [0.3, 0.4) is 0 Å². The monoisotopic (exact) mass is 326 g/mol. The van der Waals surface area contributed by atoms with Crippen LogP contribution >= 0.6 is 0 Å². The van der Waals surface area contributed by atoms with E-state index in [0.29, 0.717) is 12.8 Å². The standard InChI is InChI=1S/C19H34O4/c1-5-6-7-8-13-16(19(2,3)4)23-18(22)15-12-10-9-11-14(15)17(20)21/h14-16H,5-13H2,1-4H3,(H,20,21). The van der Waals surface area contributed by atoms with Crippen LogP contribution in [0.1, 0.15) is 85.5 Å². The van der Waals surface area contributed by atoms with Gasteiger partial charge in [0.1, 0.15) is 6.10 Å². The number of ether oxygens (including phenoxy) is 1. The highest BCUT2D eigenvalue weighted by Crippen LogP contribution is 2.34. The van der Waals surface area contributed by atoms with E-state index < -0.39 is 17.8 Å². The third-order valence-electron chi connectivity index (χ3n) is 4.93. The quantitative estimate of drug-likeness (QED) is 0.514. The van der Waals surface area contributed by atoms with E-state index in [9.17, 15) is 14.7 Å². The van der Waals surface area contributed by atoms with E-state index in [2.05, 4.69) is 27.7 Å². The molecule has 1 aliphatic carbocycles. The Morgan fingerprint density at radius 2 is 1.70 bits per heavy atom. The van der Waals surface area contributed by atoms with Gasteiger partial charge in [0.05, 0.1) is 11.8 Å². The molecule has 0 radical (unpaired) electrons. The average molecular weight is 326 g/mol. The van der Waals surface area contributed by atoms with E-state index in [0.717, 1.165) is 32.1 Å². The second kappa shape index (κ2) is 9.29. The summed E-state index contributed by atoms with van der Waals surface area (Å²) in [6.07, 6.45) is 8.35. The zero-order valence-electron chi connectivity index (χ0n) is 15.3. The zero-order chi connectivity index (χ0) is 17.5. The predicted octanol–water partition coefficient (Wildman–Crippen LogP) is 4.81. The molecule has 0 spiro atoms. The number of hydrogen-bond donors (Lipinski definition) is 1. The Hall–Kier alpha value is -1.06. The number of esters is 1. The van der Waals surface area contributed by atoms with Crippen LogP contribution in [0.5, 0.6) is 0 Å². The van der Waals surface area contributed by atoms with Crippen LogP contribution in [0.25, 0.3) is 0 Å². The van der Waals surface area contributed by atoms with Crippen molar-refractivity contribution < 1.29 is 19.4 Å². The summed E-state index contributed by atoms with van der Waals surface area (Å²) in [7, 11) is 0. The highest BCUT2D eigenvalue weighted by molar-refractivity contribution is 5.81. The van der Waals surface area contributed by atoms with Gasteiger partial charge in [-0.15, -0.1) is 0 Å². The zero-order valence-corrected chi connectivity index (χ0v) is 15.3. The molecule has 0 aromatic carbocycles. The minimum Gasteiger partial charge on any atom is -0.481 e. The highest BCUT2D eigenvalue weighted by Gasteiger charge is 2.39. The Kier molecular flexibility index (Phi) is 8.07. The van der Waals surface area contributed by atoms with Crippen molar-refractivity contribution in [2.45, 2.75) is 91.6 Å². The van der Waals surface area contributed by atoms with Crippen molar-refractivity contribution >= 4 is 11.9 Å². The van der Waals surface area contributed by atoms with Crippen molar-refractivity contribution in [3.05, 3.63) is 0 Å². The molecule has 0 aliphatic heterocycles. The summed E-state index contributed by atoms with van der Waals surface area (Å²) in [5.41, 5.74) is -0.116. The van der Waals surface area contributed by atoms with E-state index in [1.54, 1.807) is 0 Å². The Balaban J connectivity index is 2.65. The van der Waals surface area contributed by atoms with Crippen molar-refractivity contribution in [2.24, 2.45) is 17.3 Å². The Labute approximate surface area is 141 Å². The molecule has 0 bridgehead atoms. The number of hydrogen-bond acceptors (Lipinski definition) is 3. The maximum Gasteiger partial charge on any atom is 0.310 e. The van der Waals surface area contributed by atoms with Gasteiger partial charge in [0.25, 0.3) is 0 Å². The van der Waals surface area contributed by atoms with Crippen LogP contribution < -0.4 is 0 Å². The van der Waals surface area contributed by atoms with Crippen molar-refractivity contribution in [1.29, 1.82) is 0 Å². The van der Waals surface area contributed by atoms with E-state index in [1.165, 1.54) is 12.8 Å². The summed E-state index contributed by atoms with van der Waals surface area (Å²) in [5, 5.41) is 9.34. The lowest BCUT2D eigenvalue weighted by Crippen LogP contribution is -2.39. The summed E-state index contributed by atoms with van der Waals surface area (Å²) in [6, 6.07) is 0. The van der Waals surface area contributed by atoms with Crippen LogP contribution in [-0.2, 0) is 14.3 Å². The van der Waals surface area contributed by atoms with Crippen molar-refractivity contribution in [2.75, 3.05) is 0 Å². The van der Waals surface area contributed by atoms with Crippen molar-refractivity contribution in [3.63, 3.8) is 0 Å². The van der Waals surface area contributed by atoms with Gasteiger partial charge in [-0.2, -0.15) is 0 Å². The van der Waals surface area contributed by atoms with E-state index in [-0.39, 0.29) is 17.5 Å². The van der Waals surface area contributed by atoms with Crippen LogP contribution in [0, 0.1) is 17.3 Å². The smallest absolute Gasteiger partial charge is 0.310 e. The number of unbranched alkanes of at least 4 members (excludes halogenated alkanes) is 3. The summed E-state index contributed by atoms with van der Waals surface area (Å²) in [4.78, 5) is 24.0. The Morgan fingerprint density at radius 3 is 2.22 bits per heavy atom. The Bertz CT molecular complexity index is 383. The van der Waals surface area contributed by atoms with Gasteiger partial charge in [0.2, 0.25) is 0 Å². The van der Waals surface area contributed by atoms with Crippen molar-refractivity contribution in [1.82, 2.24) is 0 Å². The second-order valence-corrected chi connectivity index (χ2v) is 7.98. The third kappa shape index (κ3) is 6.52. The number of aliphatic carboxylic acids is 1. The lowest BCUT2D eigenvalue weighted by Gasteiger charge is -2.34. The lowest BCUT2D eigenvalue weighted by molar-refractivity contribution is -0.168. The van der Waals surface area contributed by atoms with Gasteiger partial charge >= 0.3 is 11.9 Å². The van der Waals surface area contributed by atoms with Gasteiger partial charge in [-0.1, -0.05) is 59.8 Å². The molecule has 0 amide bonds. The molecule has 0 saturated heterocycles. The normalized spacial score (nSPS) is 23.3. The minimum absolute atomic E-state index is 0.116. The maximum absolute atomic E-state index is 12.6. The molecule has 23 heavy (non-hydrogen) atoms. The first kappa shape index (κ1) is 20.0. The molecular weight excluding hydrogens is 292 g/mol. The number of carbonyl (C=O) groups is 2.